The number of amides is 1. The number of benzene rings is 2. The molecule has 6 heteroatoms. The highest BCUT2D eigenvalue weighted by molar-refractivity contribution is 6.32. The highest BCUT2D eigenvalue weighted by Crippen LogP contribution is 2.45. The second-order valence-electron chi connectivity index (χ2n) is 8.64. The molecular weight excluding hydrogens is 429 g/mol. The largest absolute Gasteiger partial charge is 0.366 e. The summed E-state index contributed by atoms with van der Waals surface area (Å²) in [4.78, 5) is 15.1. The van der Waals surface area contributed by atoms with Crippen LogP contribution < -0.4 is 10.2 Å². The van der Waals surface area contributed by atoms with Gasteiger partial charge in [-0.1, -0.05) is 43.1 Å². The lowest BCUT2D eigenvalue weighted by Crippen LogP contribution is -2.48. The molecule has 0 bridgehead atoms. The van der Waals surface area contributed by atoms with Gasteiger partial charge >= 0.3 is 0 Å². The fourth-order valence-electron chi connectivity index (χ4n) is 4.35. The van der Waals surface area contributed by atoms with Crippen LogP contribution in [0.5, 0.6) is 0 Å². The van der Waals surface area contributed by atoms with Gasteiger partial charge in [0, 0.05) is 33.5 Å². The molecule has 1 amide bonds. The van der Waals surface area contributed by atoms with E-state index in [9.17, 15) is 10.1 Å². The minimum atomic E-state index is -0.500. The Hall–Kier alpha value is -2.48. The number of carbonyl (C=O) groups is 1. The summed E-state index contributed by atoms with van der Waals surface area (Å²) in [5, 5.41) is 13.3. The van der Waals surface area contributed by atoms with Crippen LogP contribution in [0, 0.1) is 11.3 Å². The van der Waals surface area contributed by atoms with E-state index in [1.165, 1.54) is 5.56 Å². The summed E-state index contributed by atoms with van der Waals surface area (Å²) in [6.07, 6.45) is 3.61. The maximum absolute atomic E-state index is 12.6. The highest BCUT2D eigenvalue weighted by atomic mass is 35.5. The summed E-state index contributed by atoms with van der Waals surface area (Å²) < 4.78 is 0. The standard InChI is InChI=1S/C25H27Cl2N3O/c1-5-9-30-23-13-22(27)17(11-21(23)16(2)14-25(30,3)4)10-18(15-28)24(31)29-20-8-6-7-19(26)12-20/h6-8,10-13,16H,5,9,14H2,1-4H3,(H,29,31)/b18-10+. The SMILES string of the molecule is CCCN1c2cc(Cl)c(/C=C(\C#N)C(=O)Nc3cccc(Cl)c3)cc2C(C)CC1(C)C. The number of hydrogen-bond donors (Lipinski definition) is 1. The Morgan fingerprint density at radius 2 is 2.06 bits per heavy atom. The van der Waals surface area contributed by atoms with E-state index in [-0.39, 0.29) is 11.1 Å². The number of carbonyl (C=O) groups excluding carboxylic acids is 1. The van der Waals surface area contributed by atoms with Gasteiger partial charge in [-0.05, 0) is 80.1 Å². The lowest BCUT2D eigenvalue weighted by Gasteiger charge is -2.47. The van der Waals surface area contributed by atoms with Crippen LogP contribution in [0.25, 0.3) is 6.08 Å². The summed E-state index contributed by atoms with van der Waals surface area (Å²) in [6, 6.07) is 12.8. The van der Waals surface area contributed by atoms with Crippen molar-refractivity contribution in [3.8, 4) is 6.07 Å². The number of rotatable bonds is 5. The molecule has 0 fully saturated rings. The van der Waals surface area contributed by atoms with E-state index in [1.54, 1.807) is 30.3 Å². The molecule has 1 aliphatic rings. The van der Waals surface area contributed by atoms with Crippen LogP contribution in [-0.4, -0.2) is 18.0 Å². The van der Waals surface area contributed by atoms with Crippen molar-refractivity contribution < 1.29 is 4.79 Å². The Kier molecular flexibility index (Phi) is 6.99. The summed E-state index contributed by atoms with van der Waals surface area (Å²) in [5.74, 6) is -0.159. The molecule has 1 aliphatic heterocycles. The number of anilines is 2. The average Bonchev–Trinajstić information content (AvgIpc) is 2.69. The first-order chi connectivity index (χ1) is 14.7. The van der Waals surface area contributed by atoms with E-state index >= 15 is 0 Å². The number of nitrogens with zero attached hydrogens (tertiary/aromatic N) is 2. The first-order valence-corrected chi connectivity index (χ1v) is 11.2. The van der Waals surface area contributed by atoms with Crippen LogP contribution in [0.4, 0.5) is 11.4 Å². The van der Waals surface area contributed by atoms with E-state index in [0.717, 1.165) is 25.1 Å². The Labute approximate surface area is 194 Å². The second kappa shape index (κ2) is 9.34. The smallest absolute Gasteiger partial charge is 0.266 e. The summed E-state index contributed by atoms with van der Waals surface area (Å²) in [6.45, 7) is 9.85. The molecule has 1 atom stereocenters. The molecule has 0 saturated heterocycles. The van der Waals surface area contributed by atoms with Crippen molar-refractivity contribution in [3.05, 3.63) is 63.1 Å². The lowest BCUT2D eigenvalue weighted by atomic mass is 9.79. The maximum Gasteiger partial charge on any atom is 0.266 e. The summed E-state index contributed by atoms with van der Waals surface area (Å²) in [7, 11) is 0. The van der Waals surface area contributed by atoms with Gasteiger partial charge in [0.25, 0.3) is 5.91 Å². The number of hydrogen-bond acceptors (Lipinski definition) is 3. The fraction of sp³-hybridized carbons (Fsp3) is 0.360. The van der Waals surface area contributed by atoms with Crippen LogP contribution in [0.15, 0.2) is 42.0 Å². The van der Waals surface area contributed by atoms with Crippen molar-refractivity contribution >= 4 is 46.6 Å². The molecule has 0 radical (unpaired) electrons. The van der Waals surface area contributed by atoms with E-state index in [4.69, 9.17) is 23.2 Å². The van der Waals surface area contributed by atoms with Crippen LogP contribution in [0.1, 0.15) is 57.6 Å². The molecule has 0 aliphatic carbocycles. The van der Waals surface area contributed by atoms with E-state index in [1.807, 2.05) is 18.2 Å². The quantitative estimate of drug-likeness (QED) is 0.388. The van der Waals surface area contributed by atoms with Gasteiger partial charge in [0.2, 0.25) is 0 Å². The Balaban J connectivity index is 1.97. The predicted octanol–water partition coefficient (Wildman–Crippen LogP) is 7.04. The molecule has 31 heavy (non-hydrogen) atoms. The molecule has 2 aromatic carbocycles. The van der Waals surface area contributed by atoms with Crippen molar-refractivity contribution in [2.75, 3.05) is 16.8 Å². The van der Waals surface area contributed by atoms with Gasteiger partial charge in [0.15, 0.2) is 0 Å². The van der Waals surface area contributed by atoms with Gasteiger partial charge in [-0.15, -0.1) is 0 Å². The normalized spacial score (nSPS) is 17.6. The Morgan fingerprint density at radius 1 is 1.32 bits per heavy atom. The third kappa shape index (κ3) is 5.06. The van der Waals surface area contributed by atoms with Gasteiger partial charge in [-0.3, -0.25) is 4.79 Å². The lowest BCUT2D eigenvalue weighted by molar-refractivity contribution is -0.112. The van der Waals surface area contributed by atoms with Crippen LogP contribution in [0.3, 0.4) is 0 Å². The molecule has 4 nitrogen and oxygen atoms in total. The van der Waals surface area contributed by atoms with Gasteiger partial charge in [-0.2, -0.15) is 5.26 Å². The van der Waals surface area contributed by atoms with Crippen molar-refractivity contribution in [2.45, 2.75) is 52.0 Å². The van der Waals surface area contributed by atoms with E-state index in [2.05, 4.69) is 37.9 Å². The molecule has 1 N–H and O–H groups in total. The van der Waals surface area contributed by atoms with Crippen LogP contribution in [0.2, 0.25) is 10.0 Å². The first kappa shape index (κ1) is 23.2. The third-order valence-corrected chi connectivity index (χ3v) is 6.26. The molecule has 3 rings (SSSR count). The van der Waals surface area contributed by atoms with Crippen molar-refractivity contribution in [2.24, 2.45) is 0 Å². The molecule has 0 aromatic heterocycles. The summed E-state index contributed by atoms with van der Waals surface area (Å²) >= 11 is 12.6. The number of fused-ring (bicyclic) bond motifs is 1. The second-order valence-corrected chi connectivity index (χ2v) is 9.48. The topological polar surface area (TPSA) is 56.1 Å². The summed E-state index contributed by atoms with van der Waals surface area (Å²) in [5.41, 5.74) is 3.54. The van der Waals surface area contributed by atoms with Crippen molar-refractivity contribution in [1.29, 1.82) is 5.26 Å². The molecule has 2 aromatic rings. The molecule has 1 unspecified atom stereocenters. The molecule has 1 heterocycles. The molecular formula is C25H27Cl2N3O. The van der Waals surface area contributed by atoms with Gasteiger partial charge in [0.1, 0.15) is 11.6 Å². The Bertz CT molecular complexity index is 1070. The van der Waals surface area contributed by atoms with Crippen LogP contribution >= 0.6 is 23.2 Å². The highest BCUT2D eigenvalue weighted by Gasteiger charge is 2.36. The molecule has 162 valence electrons. The maximum atomic E-state index is 12.6. The Morgan fingerprint density at radius 3 is 2.71 bits per heavy atom. The average molecular weight is 456 g/mol. The van der Waals surface area contributed by atoms with Crippen LogP contribution in [-0.2, 0) is 4.79 Å². The zero-order valence-electron chi connectivity index (χ0n) is 18.3. The van der Waals surface area contributed by atoms with E-state index < -0.39 is 5.91 Å². The van der Waals surface area contributed by atoms with E-state index in [0.29, 0.717) is 27.2 Å². The minimum absolute atomic E-state index is 0.0176. The number of nitriles is 1. The zero-order valence-corrected chi connectivity index (χ0v) is 19.8. The monoisotopic (exact) mass is 455 g/mol. The zero-order chi connectivity index (χ0) is 22.8. The number of nitrogens with one attached hydrogen (secondary N) is 1. The van der Waals surface area contributed by atoms with Gasteiger partial charge < -0.3 is 10.2 Å². The minimum Gasteiger partial charge on any atom is -0.366 e. The van der Waals surface area contributed by atoms with Crippen molar-refractivity contribution in [1.82, 2.24) is 0 Å². The predicted molar refractivity (Wildman–Crippen MR) is 130 cm³/mol. The third-order valence-electron chi connectivity index (χ3n) is 5.70. The number of halogens is 2. The van der Waals surface area contributed by atoms with Gasteiger partial charge in [-0.25, -0.2) is 0 Å². The molecule has 0 spiro atoms. The van der Waals surface area contributed by atoms with Gasteiger partial charge in [0.05, 0.1) is 0 Å². The molecule has 0 saturated carbocycles. The fourth-order valence-corrected chi connectivity index (χ4v) is 4.75. The van der Waals surface area contributed by atoms with Crippen molar-refractivity contribution in [3.63, 3.8) is 0 Å². The first-order valence-electron chi connectivity index (χ1n) is 10.5.